The van der Waals surface area contributed by atoms with Crippen LogP contribution in [-0.2, 0) is 9.59 Å². The van der Waals surface area contributed by atoms with Gasteiger partial charge in [-0.15, -0.1) is 0 Å². The van der Waals surface area contributed by atoms with Crippen LogP contribution in [0.25, 0.3) is 0 Å². The van der Waals surface area contributed by atoms with Gasteiger partial charge in [0, 0.05) is 32.1 Å². The van der Waals surface area contributed by atoms with Gasteiger partial charge in [0.05, 0.1) is 6.54 Å². The predicted octanol–water partition coefficient (Wildman–Crippen LogP) is 1.04. The molecule has 1 aliphatic carbocycles. The van der Waals surface area contributed by atoms with Crippen molar-refractivity contribution >= 4 is 11.8 Å². The molecule has 2 amide bonds. The first kappa shape index (κ1) is 15.3. The van der Waals surface area contributed by atoms with E-state index in [1.54, 1.807) is 0 Å². The first-order valence-corrected chi connectivity index (χ1v) is 8.03. The molecule has 2 aliphatic rings. The molecule has 0 radical (unpaired) electrons. The van der Waals surface area contributed by atoms with Crippen LogP contribution in [0.5, 0.6) is 0 Å². The molecule has 20 heavy (non-hydrogen) atoms. The molecule has 5 heteroatoms. The molecule has 114 valence electrons. The van der Waals surface area contributed by atoms with E-state index < -0.39 is 0 Å². The lowest BCUT2D eigenvalue weighted by molar-refractivity contribution is -0.132. The van der Waals surface area contributed by atoms with Crippen LogP contribution < -0.4 is 10.6 Å². The molecular formula is C15H27N3O2. The van der Waals surface area contributed by atoms with Gasteiger partial charge >= 0.3 is 0 Å². The van der Waals surface area contributed by atoms with Crippen LogP contribution in [0.1, 0.15) is 51.4 Å². The highest BCUT2D eigenvalue weighted by Crippen LogP contribution is 2.17. The van der Waals surface area contributed by atoms with Gasteiger partial charge in [-0.3, -0.25) is 9.59 Å². The van der Waals surface area contributed by atoms with Crippen LogP contribution in [0.3, 0.4) is 0 Å². The molecule has 0 bridgehead atoms. The minimum Gasteiger partial charge on any atom is -0.354 e. The lowest BCUT2D eigenvalue weighted by Gasteiger charge is -2.26. The summed E-state index contributed by atoms with van der Waals surface area (Å²) in [6.07, 6.45) is 8.78. The fourth-order valence-corrected chi connectivity index (χ4v) is 3.04. The number of nitrogens with one attached hydrogen (secondary N) is 2. The van der Waals surface area contributed by atoms with Gasteiger partial charge in [-0.2, -0.15) is 0 Å². The summed E-state index contributed by atoms with van der Waals surface area (Å²) in [5, 5.41) is 6.10. The minimum absolute atomic E-state index is 0.00310. The van der Waals surface area contributed by atoms with Gasteiger partial charge in [0.2, 0.25) is 11.8 Å². The zero-order valence-electron chi connectivity index (χ0n) is 12.3. The molecule has 0 aromatic heterocycles. The van der Waals surface area contributed by atoms with E-state index in [4.69, 9.17) is 0 Å². The summed E-state index contributed by atoms with van der Waals surface area (Å²) in [6.45, 7) is 2.61. The number of likely N-dealkylation sites (tertiary alicyclic amines) is 1. The predicted molar refractivity (Wildman–Crippen MR) is 78.3 cm³/mol. The molecule has 1 saturated carbocycles. The van der Waals surface area contributed by atoms with Gasteiger partial charge in [0.25, 0.3) is 0 Å². The zero-order valence-corrected chi connectivity index (χ0v) is 12.3. The third kappa shape index (κ3) is 5.12. The van der Waals surface area contributed by atoms with E-state index in [0.717, 1.165) is 25.9 Å². The van der Waals surface area contributed by atoms with Crippen molar-refractivity contribution in [1.29, 1.82) is 0 Å². The van der Waals surface area contributed by atoms with Gasteiger partial charge < -0.3 is 15.5 Å². The SMILES string of the molecule is O=C(CNC1CCCC1)NCCC(=O)N1CCCCC1. The maximum atomic E-state index is 11.9. The number of nitrogens with zero attached hydrogens (tertiary/aromatic N) is 1. The first-order chi connectivity index (χ1) is 9.75. The molecule has 5 nitrogen and oxygen atoms in total. The van der Waals surface area contributed by atoms with Gasteiger partial charge in [0.15, 0.2) is 0 Å². The topological polar surface area (TPSA) is 61.4 Å². The Morgan fingerprint density at radius 1 is 1.00 bits per heavy atom. The van der Waals surface area contributed by atoms with E-state index in [1.165, 1.54) is 32.1 Å². The maximum Gasteiger partial charge on any atom is 0.233 e. The van der Waals surface area contributed by atoms with E-state index in [-0.39, 0.29) is 11.8 Å². The van der Waals surface area contributed by atoms with Crippen LogP contribution in [0.4, 0.5) is 0 Å². The van der Waals surface area contributed by atoms with Crippen molar-refractivity contribution in [1.82, 2.24) is 15.5 Å². The van der Waals surface area contributed by atoms with E-state index >= 15 is 0 Å². The number of hydrogen-bond donors (Lipinski definition) is 2. The van der Waals surface area contributed by atoms with Crippen molar-refractivity contribution in [3.05, 3.63) is 0 Å². The average molecular weight is 281 g/mol. The van der Waals surface area contributed by atoms with Crippen LogP contribution >= 0.6 is 0 Å². The van der Waals surface area contributed by atoms with E-state index in [9.17, 15) is 9.59 Å². The Morgan fingerprint density at radius 3 is 2.40 bits per heavy atom. The summed E-state index contributed by atoms with van der Waals surface area (Å²) >= 11 is 0. The minimum atomic E-state index is 0.00310. The van der Waals surface area contributed by atoms with Gasteiger partial charge in [-0.25, -0.2) is 0 Å². The van der Waals surface area contributed by atoms with Crippen molar-refractivity contribution < 1.29 is 9.59 Å². The van der Waals surface area contributed by atoms with Crippen molar-refractivity contribution in [2.24, 2.45) is 0 Å². The molecule has 2 N–H and O–H groups in total. The Morgan fingerprint density at radius 2 is 1.70 bits per heavy atom. The van der Waals surface area contributed by atoms with E-state index in [2.05, 4.69) is 10.6 Å². The van der Waals surface area contributed by atoms with Crippen molar-refractivity contribution in [3.63, 3.8) is 0 Å². The van der Waals surface area contributed by atoms with E-state index in [0.29, 0.717) is 25.6 Å². The molecule has 0 aromatic rings. The lowest BCUT2D eigenvalue weighted by atomic mass is 10.1. The third-order valence-corrected chi connectivity index (χ3v) is 4.28. The number of piperidine rings is 1. The Labute approximate surface area is 121 Å². The lowest BCUT2D eigenvalue weighted by Crippen LogP contribution is -2.41. The highest BCUT2D eigenvalue weighted by molar-refractivity contribution is 5.80. The first-order valence-electron chi connectivity index (χ1n) is 8.03. The number of rotatable bonds is 6. The monoisotopic (exact) mass is 281 g/mol. The summed E-state index contributed by atoms with van der Waals surface area (Å²) in [6, 6.07) is 0.510. The highest BCUT2D eigenvalue weighted by atomic mass is 16.2. The second-order valence-corrected chi connectivity index (χ2v) is 5.90. The molecule has 0 aromatic carbocycles. The molecular weight excluding hydrogens is 254 g/mol. The molecule has 0 spiro atoms. The molecule has 1 saturated heterocycles. The summed E-state index contributed by atoms with van der Waals surface area (Å²) in [5.74, 6) is 0.178. The summed E-state index contributed by atoms with van der Waals surface area (Å²) < 4.78 is 0. The highest BCUT2D eigenvalue weighted by Gasteiger charge is 2.17. The standard InChI is InChI=1S/C15H27N3O2/c19-14(12-17-13-6-2-3-7-13)16-9-8-15(20)18-10-4-1-5-11-18/h13,17H,1-12H2,(H,16,19). The smallest absolute Gasteiger partial charge is 0.233 e. The fraction of sp³-hybridized carbons (Fsp3) is 0.867. The van der Waals surface area contributed by atoms with E-state index in [1.807, 2.05) is 4.90 Å². The van der Waals surface area contributed by atoms with Crippen LogP contribution in [0, 0.1) is 0 Å². The summed E-state index contributed by atoms with van der Waals surface area (Å²) in [5.41, 5.74) is 0. The second-order valence-electron chi connectivity index (χ2n) is 5.90. The van der Waals surface area contributed by atoms with Crippen molar-refractivity contribution in [3.8, 4) is 0 Å². The van der Waals surface area contributed by atoms with Crippen molar-refractivity contribution in [2.45, 2.75) is 57.4 Å². The van der Waals surface area contributed by atoms with Gasteiger partial charge in [0.1, 0.15) is 0 Å². The second kappa shape index (κ2) is 8.25. The van der Waals surface area contributed by atoms with Crippen LogP contribution in [0.2, 0.25) is 0 Å². The number of carbonyl (C=O) groups is 2. The normalized spacial score (nSPS) is 20.1. The molecule has 0 atom stereocenters. The summed E-state index contributed by atoms with van der Waals surface area (Å²) in [4.78, 5) is 25.5. The van der Waals surface area contributed by atoms with Gasteiger partial charge in [-0.1, -0.05) is 12.8 Å². The third-order valence-electron chi connectivity index (χ3n) is 4.28. The Hall–Kier alpha value is -1.10. The largest absolute Gasteiger partial charge is 0.354 e. The zero-order chi connectivity index (χ0) is 14.2. The number of hydrogen-bond acceptors (Lipinski definition) is 3. The molecule has 2 rings (SSSR count). The molecule has 0 unspecified atom stereocenters. The number of carbonyl (C=O) groups excluding carboxylic acids is 2. The quantitative estimate of drug-likeness (QED) is 0.764. The molecule has 1 heterocycles. The van der Waals surface area contributed by atoms with Crippen LogP contribution in [-0.4, -0.2) is 48.9 Å². The maximum absolute atomic E-state index is 11.9. The summed E-state index contributed by atoms with van der Waals surface area (Å²) in [7, 11) is 0. The molecule has 1 aliphatic heterocycles. The Bertz CT molecular complexity index is 321. The van der Waals surface area contributed by atoms with Crippen LogP contribution in [0.15, 0.2) is 0 Å². The fourth-order valence-electron chi connectivity index (χ4n) is 3.04. The number of amides is 2. The molecule has 2 fully saturated rings. The van der Waals surface area contributed by atoms with Gasteiger partial charge in [-0.05, 0) is 32.1 Å². The average Bonchev–Trinajstić information content (AvgIpc) is 2.99. The van der Waals surface area contributed by atoms with Crippen molar-refractivity contribution in [2.75, 3.05) is 26.2 Å². The Kier molecular flexibility index (Phi) is 6.30. The Balaban J connectivity index is 1.52.